The number of aliphatic hydroxyl groups is 1. The molecule has 2 aromatic carbocycles. The van der Waals surface area contributed by atoms with Crippen molar-refractivity contribution in [3.8, 4) is 5.75 Å². The topological polar surface area (TPSA) is 41.9 Å². The SMILES string of the molecule is Cc1ccc(OCC(O)CN2CCOC(c3cccc(F)c3)C2)cc1.Cl. The first-order chi connectivity index (χ1) is 12.1. The lowest BCUT2D eigenvalue weighted by atomic mass is 10.1. The van der Waals surface area contributed by atoms with E-state index in [-0.39, 0.29) is 30.9 Å². The molecule has 1 saturated heterocycles. The zero-order valence-corrected chi connectivity index (χ0v) is 15.6. The van der Waals surface area contributed by atoms with Gasteiger partial charge in [-0.1, -0.05) is 29.8 Å². The minimum Gasteiger partial charge on any atom is -0.491 e. The molecule has 2 atom stereocenters. The van der Waals surface area contributed by atoms with Crippen LogP contribution < -0.4 is 4.74 Å². The van der Waals surface area contributed by atoms with Crippen molar-refractivity contribution in [2.24, 2.45) is 0 Å². The number of benzene rings is 2. The largest absolute Gasteiger partial charge is 0.491 e. The summed E-state index contributed by atoms with van der Waals surface area (Å²) in [6, 6.07) is 14.3. The minimum absolute atomic E-state index is 0. The van der Waals surface area contributed by atoms with E-state index in [2.05, 4.69) is 4.90 Å². The van der Waals surface area contributed by atoms with Crippen molar-refractivity contribution in [1.29, 1.82) is 0 Å². The molecule has 2 unspecified atom stereocenters. The Labute approximate surface area is 160 Å². The molecule has 0 aliphatic carbocycles. The lowest BCUT2D eigenvalue weighted by Crippen LogP contribution is -2.43. The van der Waals surface area contributed by atoms with E-state index in [0.29, 0.717) is 19.7 Å². The second-order valence-electron chi connectivity index (χ2n) is 6.45. The molecular formula is C20H25ClFNO3. The van der Waals surface area contributed by atoms with Crippen LogP contribution in [-0.2, 0) is 4.74 Å². The van der Waals surface area contributed by atoms with Gasteiger partial charge in [0.2, 0.25) is 0 Å². The maximum absolute atomic E-state index is 13.4. The summed E-state index contributed by atoms with van der Waals surface area (Å²) in [6.07, 6.45) is -0.762. The van der Waals surface area contributed by atoms with E-state index in [1.54, 1.807) is 6.07 Å². The lowest BCUT2D eigenvalue weighted by Gasteiger charge is -2.34. The summed E-state index contributed by atoms with van der Waals surface area (Å²) >= 11 is 0. The predicted octanol–water partition coefficient (Wildman–Crippen LogP) is 3.37. The standard InChI is InChI=1S/C20H24FNO3.ClH/c1-15-5-7-19(8-6-15)25-14-18(23)12-22-9-10-24-20(13-22)16-3-2-4-17(21)11-16;/h2-8,11,18,20,23H,9-10,12-14H2,1H3;1H. The summed E-state index contributed by atoms with van der Waals surface area (Å²) in [7, 11) is 0. The van der Waals surface area contributed by atoms with Crippen LogP contribution >= 0.6 is 12.4 Å². The minimum atomic E-state index is -0.590. The lowest BCUT2D eigenvalue weighted by molar-refractivity contribution is -0.0460. The number of nitrogens with zero attached hydrogens (tertiary/aromatic N) is 1. The van der Waals surface area contributed by atoms with Crippen molar-refractivity contribution < 1.29 is 19.0 Å². The molecule has 1 N–H and O–H groups in total. The van der Waals surface area contributed by atoms with Gasteiger partial charge in [-0.05, 0) is 36.8 Å². The smallest absolute Gasteiger partial charge is 0.123 e. The van der Waals surface area contributed by atoms with E-state index < -0.39 is 6.10 Å². The molecule has 0 spiro atoms. The van der Waals surface area contributed by atoms with Gasteiger partial charge in [-0.15, -0.1) is 12.4 Å². The Kier molecular flexibility index (Phi) is 7.85. The first-order valence-corrected chi connectivity index (χ1v) is 8.57. The second kappa shape index (κ2) is 9.88. The summed E-state index contributed by atoms with van der Waals surface area (Å²) in [4.78, 5) is 2.13. The molecule has 0 saturated carbocycles. The Morgan fingerprint density at radius 3 is 2.77 bits per heavy atom. The van der Waals surface area contributed by atoms with Crippen LogP contribution in [0.1, 0.15) is 17.2 Å². The Balaban J connectivity index is 0.00000243. The number of aliphatic hydroxyl groups excluding tert-OH is 1. The van der Waals surface area contributed by atoms with Crippen LogP contribution in [-0.4, -0.2) is 49.0 Å². The molecule has 142 valence electrons. The zero-order valence-electron chi connectivity index (χ0n) is 14.8. The van der Waals surface area contributed by atoms with E-state index in [9.17, 15) is 9.50 Å². The number of hydrogen-bond acceptors (Lipinski definition) is 4. The monoisotopic (exact) mass is 381 g/mol. The fraction of sp³-hybridized carbons (Fsp3) is 0.400. The normalized spacial score (nSPS) is 18.8. The zero-order chi connectivity index (χ0) is 17.6. The molecule has 1 heterocycles. The van der Waals surface area contributed by atoms with Gasteiger partial charge in [0.1, 0.15) is 24.3 Å². The van der Waals surface area contributed by atoms with Gasteiger partial charge in [0.05, 0.1) is 12.7 Å². The molecule has 1 aliphatic rings. The van der Waals surface area contributed by atoms with Crippen molar-refractivity contribution in [2.75, 3.05) is 32.8 Å². The number of ether oxygens (including phenoxy) is 2. The second-order valence-corrected chi connectivity index (χ2v) is 6.45. The van der Waals surface area contributed by atoms with E-state index >= 15 is 0 Å². The Bertz CT molecular complexity index is 683. The van der Waals surface area contributed by atoms with E-state index in [1.165, 1.54) is 17.7 Å². The van der Waals surface area contributed by atoms with Gasteiger partial charge >= 0.3 is 0 Å². The van der Waals surface area contributed by atoms with Gasteiger partial charge in [-0.2, -0.15) is 0 Å². The highest BCUT2D eigenvalue weighted by atomic mass is 35.5. The van der Waals surface area contributed by atoms with Crippen LogP contribution in [0.4, 0.5) is 4.39 Å². The van der Waals surface area contributed by atoms with Crippen LogP contribution in [0.5, 0.6) is 5.75 Å². The first-order valence-electron chi connectivity index (χ1n) is 8.57. The molecule has 0 aromatic heterocycles. The Morgan fingerprint density at radius 2 is 2.04 bits per heavy atom. The molecule has 3 rings (SSSR count). The number of morpholine rings is 1. The van der Waals surface area contributed by atoms with Crippen molar-refractivity contribution in [1.82, 2.24) is 4.90 Å². The molecular weight excluding hydrogens is 357 g/mol. The number of β-amino-alcohol motifs (C(OH)–C–C–N with tert-alkyl or cyclic N) is 1. The molecule has 6 heteroatoms. The predicted molar refractivity (Wildman–Crippen MR) is 101 cm³/mol. The van der Waals surface area contributed by atoms with E-state index in [4.69, 9.17) is 9.47 Å². The maximum Gasteiger partial charge on any atom is 0.123 e. The Hall–Kier alpha value is -1.66. The highest BCUT2D eigenvalue weighted by Crippen LogP contribution is 2.23. The molecule has 1 fully saturated rings. The van der Waals surface area contributed by atoms with Crippen molar-refractivity contribution in [2.45, 2.75) is 19.1 Å². The number of aryl methyl sites for hydroxylation is 1. The van der Waals surface area contributed by atoms with Gasteiger partial charge in [-0.25, -0.2) is 4.39 Å². The fourth-order valence-corrected chi connectivity index (χ4v) is 2.95. The first kappa shape index (κ1) is 20.6. The van der Waals surface area contributed by atoms with Gasteiger partial charge in [0.15, 0.2) is 0 Å². The molecule has 4 nitrogen and oxygen atoms in total. The van der Waals surface area contributed by atoms with Gasteiger partial charge in [-0.3, -0.25) is 4.90 Å². The summed E-state index contributed by atoms with van der Waals surface area (Å²) < 4.78 is 24.8. The molecule has 0 amide bonds. The quantitative estimate of drug-likeness (QED) is 0.833. The number of hydrogen-bond donors (Lipinski definition) is 1. The summed E-state index contributed by atoms with van der Waals surface area (Å²) in [5.74, 6) is 0.494. The third kappa shape index (κ3) is 5.95. The summed E-state index contributed by atoms with van der Waals surface area (Å²) in [5, 5.41) is 10.3. The van der Waals surface area contributed by atoms with Crippen LogP contribution in [0, 0.1) is 12.7 Å². The summed E-state index contributed by atoms with van der Waals surface area (Å²) in [6.45, 7) is 4.70. The molecule has 26 heavy (non-hydrogen) atoms. The molecule has 1 aliphatic heterocycles. The van der Waals surface area contributed by atoms with Crippen LogP contribution in [0.25, 0.3) is 0 Å². The van der Waals surface area contributed by atoms with Crippen molar-refractivity contribution >= 4 is 12.4 Å². The molecule has 2 aromatic rings. The fourth-order valence-electron chi connectivity index (χ4n) is 2.95. The van der Waals surface area contributed by atoms with Gasteiger partial charge in [0, 0.05) is 19.6 Å². The van der Waals surface area contributed by atoms with Crippen LogP contribution in [0.3, 0.4) is 0 Å². The molecule has 0 radical (unpaired) electrons. The number of halogens is 2. The summed E-state index contributed by atoms with van der Waals surface area (Å²) in [5.41, 5.74) is 2.00. The number of rotatable bonds is 6. The maximum atomic E-state index is 13.4. The average Bonchev–Trinajstić information content (AvgIpc) is 2.61. The van der Waals surface area contributed by atoms with Crippen LogP contribution in [0.15, 0.2) is 48.5 Å². The van der Waals surface area contributed by atoms with Crippen molar-refractivity contribution in [3.63, 3.8) is 0 Å². The highest BCUT2D eigenvalue weighted by Gasteiger charge is 2.24. The van der Waals surface area contributed by atoms with Gasteiger partial charge < -0.3 is 14.6 Å². The Morgan fingerprint density at radius 1 is 1.27 bits per heavy atom. The third-order valence-corrected chi connectivity index (χ3v) is 4.30. The van der Waals surface area contributed by atoms with E-state index in [1.807, 2.05) is 37.3 Å². The van der Waals surface area contributed by atoms with E-state index in [0.717, 1.165) is 17.9 Å². The van der Waals surface area contributed by atoms with Gasteiger partial charge in [0.25, 0.3) is 0 Å². The average molecular weight is 382 g/mol. The highest BCUT2D eigenvalue weighted by molar-refractivity contribution is 5.85. The van der Waals surface area contributed by atoms with Crippen molar-refractivity contribution in [3.05, 3.63) is 65.5 Å². The molecule has 0 bridgehead atoms. The third-order valence-electron chi connectivity index (χ3n) is 4.30. The van der Waals surface area contributed by atoms with Crippen LogP contribution in [0.2, 0.25) is 0 Å².